The number of hydrogen-bond acceptors (Lipinski definition) is 3. The number of anilines is 1. The maximum absolute atomic E-state index is 16.2. The van der Waals surface area contributed by atoms with E-state index in [0.29, 0.717) is 39.7 Å². The zero-order chi connectivity index (χ0) is 22.1. The molecule has 0 amide bonds. The van der Waals surface area contributed by atoms with Crippen molar-refractivity contribution in [2.24, 2.45) is 0 Å². The lowest BCUT2D eigenvalue weighted by molar-refractivity contribution is 0.128. The lowest BCUT2D eigenvalue weighted by atomic mass is 9.92. The van der Waals surface area contributed by atoms with Crippen LogP contribution in [0, 0.1) is 19.7 Å². The number of rotatable bonds is 3. The number of benzene rings is 2. The van der Waals surface area contributed by atoms with Crippen LogP contribution in [0.4, 0.5) is 18.9 Å². The van der Waals surface area contributed by atoms with Crippen molar-refractivity contribution in [2.75, 3.05) is 5.32 Å². The van der Waals surface area contributed by atoms with Crippen LogP contribution in [-0.2, 0) is 12.1 Å². The molecule has 0 fully saturated rings. The largest absolute Gasteiger partial charge is 0.371 e. The summed E-state index contributed by atoms with van der Waals surface area (Å²) in [6.45, 7) is 7.20. The molecular weight excluding hydrogens is 403 g/mol. The second-order valence-electron chi connectivity index (χ2n) is 8.53. The van der Waals surface area contributed by atoms with E-state index in [1.54, 1.807) is 35.9 Å². The maximum atomic E-state index is 16.2. The number of aromatic nitrogens is 4. The van der Waals surface area contributed by atoms with E-state index >= 15 is 4.39 Å². The van der Waals surface area contributed by atoms with Crippen LogP contribution >= 0.6 is 0 Å². The van der Waals surface area contributed by atoms with Gasteiger partial charge in [0.05, 0.1) is 17.8 Å². The van der Waals surface area contributed by atoms with Gasteiger partial charge in [0.15, 0.2) is 11.6 Å². The van der Waals surface area contributed by atoms with E-state index in [9.17, 15) is 8.78 Å². The molecular formula is C23H22F3N5. The third kappa shape index (κ3) is 2.85. The van der Waals surface area contributed by atoms with Crippen molar-refractivity contribution in [1.29, 1.82) is 0 Å². The Labute approximate surface area is 177 Å². The molecule has 2 aromatic carbocycles. The second-order valence-corrected chi connectivity index (χ2v) is 8.53. The molecule has 1 aliphatic rings. The zero-order valence-electron chi connectivity index (χ0n) is 17.7. The molecule has 0 saturated heterocycles. The van der Waals surface area contributed by atoms with Gasteiger partial charge in [-0.1, -0.05) is 12.1 Å². The van der Waals surface area contributed by atoms with Crippen molar-refractivity contribution >= 4 is 16.6 Å². The number of aryl methyl sites for hydroxylation is 2. The van der Waals surface area contributed by atoms with Crippen LogP contribution in [0.15, 0.2) is 36.5 Å². The summed E-state index contributed by atoms with van der Waals surface area (Å²) in [5.41, 5.74) is 3.04. The van der Waals surface area contributed by atoms with E-state index in [-0.39, 0.29) is 0 Å². The molecule has 3 heterocycles. The van der Waals surface area contributed by atoms with E-state index < -0.39 is 24.3 Å². The minimum Gasteiger partial charge on any atom is -0.371 e. The van der Waals surface area contributed by atoms with Crippen LogP contribution in [0.25, 0.3) is 27.7 Å². The Bertz CT molecular complexity index is 1330. The molecule has 1 N–H and O–H groups in total. The van der Waals surface area contributed by atoms with Crippen LogP contribution in [0.3, 0.4) is 0 Å². The molecule has 5 rings (SSSR count). The van der Waals surface area contributed by atoms with Crippen molar-refractivity contribution in [3.63, 3.8) is 0 Å². The summed E-state index contributed by atoms with van der Waals surface area (Å²) in [6.07, 6.45) is -0.844. The molecule has 0 spiro atoms. The summed E-state index contributed by atoms with van der Waals surface area (Å²) in [7, 11) is 0. The van der Waals surface area contributed by atoms with Gasteiger partial charge in [-0.2, -0.15) is 0 Å². The number of alkyl halides is 2. The SMILES string of the molecule is Cc1cc2c(c(F)c1-c1cccc3c1ccn3CC(F)F)-n1c(C)nnc1C(C)(C)N2. The number of nitrogens with zero attached hydrogens (tertiary/aromatic N) is 4. The number of halogens is 3. The zero-order valence-corrected chi connectivity index (χ0v) is 17.7. The van der Waals surface area contributed by atoms with E-state index in [4.69, 9.17) is 0 Å². The monoisotopic (exact) mass is 425 g/mol. The van der Waals surface area contributed by atoms with Crippen LogP contribution in [0.1, 0.15) is 31.1 Å². The summed E-state index contributed by atoms with van der Waals surface area (Å²) in [5, 5.41) is 12.5. The Kier molecular flexibility index (Phi) is 4.19. The molecule has 0 bridgehead atoms. The van der Waals surface area contributed by atoms with Crippen molar-refractivity contribution in [2.45, 2.75) is 46.2 Å². The first kappa shape index (κ1) is 19.7. The maximum Gasteiger partial charge on any atom is 0.256 e. The molecule has 0 unspecified atom stereocenters. The molecule has 31 heavy (non-hydrogen) atoms. The first-order valence-corrected chi connectivity index (χ1v) is 10.1. The van der Waals surface area contributed by atoms with Gasteiger partial charge in [0.1, 0.15) is 11.5 Å². The van der Waals surface area contributed by atoms with Crippen LogP contribution in [0.2, 0.25) is 0 Å². The smallest absolute Gasteiger partial charge is 0.256 e. The summed E-state index contributed by atoms with van der Waals surface area (Å²) >= 11 is 0. The van der Waals surface area contributed by atoms with Crippen LogP contribution < -0.4 is 5.32 Å². The van der Waals surface area contributed by atoms with Gasteiger partial charge < -0.3 is 9.88 Å². The molecule has 0 saturated carbocycles. The third-order valence-corrected chi connectivity index (χ3v) is 5.91. The Balaban J connectivity index is 1.78. The van der Waals surface area contributed by atoms with Gasteiger partial charge in [0.25, 0.3) is 6.43 Å². The van der Waals surface area contributed by atoms with Gasteiger partial charge in [0, 0.05) is 22.7 Å². The van der Waals surface area contributed by atoms with Crippen LogP contribution in [-0.4, -0.2) is 25.8 Å². The van der Waals surface area contributed by atoms with E-state index in [0.717, 1.165) is 10.9 Å². The Hall–Kier alpha value is -3.29. The molecule has 1 aliphatic heterocycles. The minimum absolute atomic E-state index is 0.376. The first-order valence-electron chi connectivity index (χ1n) is 10.1. The summed E-state index contributed by atoms with van der Waals surface area (Å²) < 4.78 is 45.4. The fourth-order valence-corrected chi connectivity index (χ4v) is 4.59. The molecule has 5 nitrogen and oxygen atoms in total. The van der Waals surface area contributed by atoms with Gasteiger partial charge in [0.2, 0.25) is 0 Å². The van der Waals surface area contributed by atoms with Gasteiger partial charge in [-0.15, -0.1) is 10.2 Å². The van der Waals surface area contributed by atoms with Crippen molar-refractivity contribution < 1.29 is 13.2 Å². The highest BCUT2D eigenvalue weighted by atomic mass is 19.3. The average Bonchev–Trinajstić information content (AvgIpc) is 3.26. The van der Waals surface area contributed by atoms with Gasteiger partial charge >= 0.3 is 0 Å². The van der Waals surface area contributed by atoms with Gasteiger partial charge in [-0.25, -0.2) is 13.2 Å². The average molecular weight is 425 g/mol. The predicted octanol–water partition coefficient (Wildman–Crippen LogP) is 5.57. The number of hydrogen-bond donors (Lipinski definition) is 1. The van der Waals surface area contributed by atoms with E-state index in [1.165, 1.54) is 4.57 Å². The number of nitrogens with one attached hydrogen (secondary N) is 1. The van der Waals surface area contributed by atoms with E-state index in [2.05, 4.69) is 15.5 Å². The third-order valence-electron chi connectivity index (χ3n) is 5.91. The quantitative estimate of drug-likeness (QED) is 0.467. The fourth-order valence-electron chi connectivity index (χ4n) is 4.59. The Morgan fingerprint density at radius 2 is 1.90 bits per heavy atom. The van der Waals surface area contributed by atoms with Gasteiger partial charge in [-0.3, -0.25) is 4.57 Å². The molecule has 0 aliphatic carbocycles. The lowest BCUT2D eigenvalue weighted by Crippen LogP contribution is -2.36. The van der Waals surface area contributed by atoms with Crippen molar-refractivity contribution in [3.8, 4) is 16.8 Å². The predicted molar refractivity (Wildman–Crippen MR) is 114 cm³/mol. The van der Waals surface area contributed by atoms with Crippen molar-refractivity contribution in [1.82, 2.24) is 19.3 Å². The standard InChI is InChI=1S/C23H22F3N5/c1-12-10-16-21(31-13(2)28-29-22(31)23(3,4)27-16)20(26)19(12)15-6-5-7-17-14(15)8-9-30(17)11-18(24)25/h5-10,18,27H,11H2,1-4H3. The molecule has 160 valence electrons. The topological polar surface area (TPSA) is 47.7 Å². The molecule has 2 aromatic heterocycles. The highest BCUT2D eigenvalue weighted by Crippen LogP contribution is 2.43. The Morgan fingerprint density at radius 3 is 2.65 bits per heavy atom. The second kappa shape index (κ2) is 6.60. The number of fused-ring (bicyclic) bond motifs is 4. The van der Waals surface area contributed by atoms with Gasteiger partial charge in [-0.05, 0) is 57.0 Å². The summed E-state index contributed by atoms with van der Waals surface area (Å²) in [4.78, 5) is 0. The molecule has 0 radical (unpaired) electrons. The lowest BCUT2D eigenvalue weighted by Gasteiger charge is -2.34. The first-order chi connectivity index (χ1) is 14.7. The minimum atomic E-state index is -2.47. The normalized spacial score (nSPS) is 14.6. The molecule has 8 heteroatoms. The fraction of sp³-hybridized carbons (Fsp3) is 0.304. The molecule has 4 aromatic rings. The summed E-state index contributed by atoms with van der Waals surface area (Å²) in [5.74, 6) is 0.838. The highest BCUT2D eigenvalue weighted by molar-refractivity contribution is 5.97. The van der Waals surface area contributed by atoms with E-state index in [1.807, 2.05) is 32.9 Å². The Morgan fingerprint density at radius 1 is 1.13 bits per heavy atom. The highest BCUT2D eigenvalue weighted by Gasteiger charge is 2.36. The summed E-state index contributed by atoms with van der Waals surface area (Å²) in [6, 6.07) is 9.07. The molecule has 0 atom stereocenters. The van der Waals surface area contributed by atoms with Crippen molar-refractivity contribution in [3.05, 3.63) is 59.6 Å². The van der Waals surface area contributed by atoms with Crippen LogP contribution in [0.5, 0.6) is 0 Å².